The molecule has 7 aromatic rings. The van der Waals surface area contributed by atoms with Gasteiger partial charge in [0.15, 0.2) is 0 Å². The summed E-state index contributed by atoms with van der Waals surface area (Å²) in [5, 5.41) is 2.47. The molecule has 0 spiro atoms. The number of rotatable bonds is 3. The van der Waals surface area contributed by atoms with Crippen molar-refractivity contribution in [3.63, 3.8) is 0 Å². The molecular formula is C32H20BrN3. The van der Waals surface area contributed by atoms with E-state index in [9.17, 15) is 0 Å². The Kier molecular flexibility index (Phi) is 4.93. The van der Waals surface area contributed by atoms with Gasteiger partial charge < -0.3 is 4.57 Å². The Morgan fingerprint density at radius 1 is 0.500 bits per heavy atom. The summed E-state index contributed by atoms with van der Waals surface area (Å²) in [6.45, 7) is 0. The Hall–Kier alpha value is -4.28. The summed E-state index contributed by atoms with van der Waals surface area (Å²) < 4.78 is 3.40. The largest absolute Gasteiger partial charge is 0.309 e. The highest BCUT2D eigenvalue weighted by molar-refractivity contribution is 9.10. The van der Waals surface area contributed by atoms with E-state index in [1.54, 1.807) is 0 Å². The molecule has 0 atom stereocenters. The van der Waals surface area contributed by atoms with Crippen LogP contribution >= 0.6 is 15.9 Å². The Labute approximate surface area is 216 Å². The quantitative estimate of drug-likeness (QED) is 0.230. The molecule has 170 valence electrons. The van der Waals surface area contributed by atoms with E-state index >= 15 is 0 Å². The number of nitrogens with zero attached hydrogens (tertiary/aromatic N) is 3. The summed E-state index contributed by atoms with van der Waals surface area (Å²) in [7, 11) is 0. The van der Waals surface area contributed by atoms with E-state index in [1.807, 2.05) is 42.5 Å². The van der Waals surface area contributed by atoms with Crippen LogP contribution in [0.2, 0.25) is 0 Å². The van der Waals surface area contributed by atoms with Crippen molar-refractivity contribution in [3.05, 3.63) is 126 Å². The van der Waals surface area contributed by atoms with E-state index in [0.29, 0.717) is 0 Å². The fourth-order valence-electron chi connectivity index (χ4n) is 4.99. The van der Waals surface area contributed by atoms with Gasteiger partial charge in [-0.1, -0.05) is 88.7 Å². The minimum atomic E-state index is 0.887. The van der Waals surface area contributed by atoms with Gasteiger partial charge in [-0.05, 0) is 48.5 Å². The molecular weight excluding hydrogens is 506 g/mol. The van der Waals surface area contributed by atoms with Crippen LogP contribution in [0, 0.1) is 0 Å². The summed E-state index contributed by atoms with van der Waals surface area (Å²) in [5.74, 6) is 0. The van der Waals surface area contributed by atoms with Crippen LogP contribution in [-0.2, 0) is 0 Å². The molecule has 0 radical (unpaired) electrons. The first-order valence-electron chi connectivity index (χ1n) is 11.9. The van der Waals surface area contributed by atoms with Crippen LogP contribution in [0.5, 0.6) is 0 Å². The molecule has 2 aromatic heterocycles. The highest BCUT2D eigenvalue weighted by Crippen LogP contribution is 2.35. The molecule has 4 heteroatoms. The second-order valence-corrected chi connectivity index (χ2v) is 9.75. The maximum atomic E-state index is 5.05. The fourth-order valence-corrected chi connectivity index (χ4v) is 5.35. The molecule has 5 aromatic carbocycles. The van der Waals surface area contributed by atoms with Gasteiger partial charge in [0.05, 0.1) is 33.5 Å². The van der Waals surface area contributed by atoms with Gasteiger partial charge in [-0.15, -0.1) is 0 Å². The lowest BCUT2D eigenvalue weighted by atomic mass is 10.0. The molecule has 7 rings (SSSR count). The molecule has 0 saturated heterocycles. The van der Waals surface area contributed by atoms with E-state index in [-0.39, 0.29) is 0 Å². The van der Waals surface area contributed by atoms with Gasteiger partial charge in [-0.2, -0.15) is 0 Å². The molecule has 0 unspecified atom stereocenters. The molecule has 0 bridgehead atoms. The zero-order valence-electron chi connectivity index (χ0n) is 19.3. The van der Waals surface area contributed by atoms with Crippen LogP contribution in [0.4, 0.5) is 0 Å². The molecule has 0 aliphatic rings. The highest BCUT2D eigenvalue weighted by Gasteiger charge is 2.15. The molecule has 0 aliphatic carbocycles. The average molecular weight is 526 g/mol. The van der Waals surface area contributed by atoms with Crippen LogP contribution in [0.25, 0.3) is 61.0 Å². The van der Waals surface area contributed by atoms with Crippen molar-refractivity contribution in [1.82, 2.24) is 14.5 Å². The first kappa shape index (κ1) is 21.0. The van der Waals surface area contributed by atoms with Gasteiger partial charge in [0, 0.05) is 32.1 Å². The Morgan fingerprint density at radius 2 is 1.08 bits per heavy atom. The van der Waals surface area contributed by atoms with Gasteiger partial charge in [0.2, 0.25) is 0 Å². The third-order valence-electron chi connectivity index (χ3n) is 6.65. The third-order valence-corrected chi connectivity index (χ3v) is 7.14. The normalized spacial score (nSPS) is 11.5. The van der Waals surface area contributed by atoms with Gasteiger partial charge in [-0.3, -0.25) is 0 Å². The van der Waals surface area contributed by atoms with Crippen molar-refractivity contribution < 1.29 is 0 Å². The number of benzene rings is 5. The van der Waals surface area contributed by atoms with Gasteiger partial charge in [0.25, 0.3) is 0 Å². The lowest BCUT2D eigenvalue weighted by molar-refractivity contribution is 1.18. The predicted molar refractivity (Wildman–Crippen MR) is 152 cm³/mol. The van der Waals surface area contributed by atoms with E-state index in [0.717, 1.165) is 43.7 Å². The first-order valence-corrected chi connectivity index (χ1v) is 12.7. The van der Waals surface area contributed by atoms with E-state index in [4.69, 9.17) is 9.97 Å². The number of hydrogen-bond acceptors (Lipinski definition) is 2. The lowest BCUT2D eigenvalue weighted by Crippen LogP contribution is -1.97. The van der Waals surface area contributed by atoms with Gasteiger partial charge in [-0.25, -0.2) is 9.97 Å². The van der Waals surface area contributed by atoms with Crippen molar-refractivity contribution in [3.8, 4) is 28.2 Å². The predicted octanol–water partition coefficient (Wildman–Crippen LogP) is 8.82. The fraction of sp³-hybridized carbons (Fsp3) is 0. The molecule has 0 saturated carbocycles. The molecule has 36 heavy (non-hydrogen) atoms. The summed E-state index contributed by atoms with van der Waals surface area (Å²) in [5.41, 5.74) is 9.15. The maximum absolute atomic E-state index is 5.05. The summed E-state index contributed by atoms with van der Waals surface area (Å²) in [6.07, 6.45) is 0. The Balaban J connectivity index is 1.42. The van der Waals surface area contributed by atoms with Crippen molar-refractivity contribution in [2.24, 2.45) is 0 Å². The summed E-state index contributed by atoms with van der Waals surface area (Å²) >= 11 is 3.64. The van der Waals surface area contributed by atoms with Crippen molar-refractivity contribution in [2.45, 2.75) is 0 Å². The molecule has 0 N–H and O–H groups in total. The van der Waals surface area contributed by atoms with Gasteiger partial charge in [0.1, 0.15) is 0 Å². The van der Waals surface area contributed by atoms with Crippen molar-refractivity contribution in [2.75, 3.05) is 0 Å². The van der Waals surface area contributed by atoms with E-state index < -0.39 is 0 Å². The standard InChI is InChI=1S/C32H20BrN3/c33-23-16-19-30-26(20-23)25-10-4-7-13-29(25)36(30)24-17-14-22(15-18-24)32-31(21-8-2-1-3-9-21)34-27-11-5-6-12-28(27)35-32/h1-20H. The number of fused-ring (bicyclic) bond motifs is 4. The molecule has 2 heterocycles. The number of para-hydroxylation sites is 3. The molecule has 3 nitrogen and oxygen atoms in total. The van der Waals surface area contributed by atoms with E-state index in [2.05, 4.69) is 99.4 Å². The Morgan fingerprint density at radius 3 is 1.81 bits per heavy atom. The lowest BCUT2D eigenvalue weighted by Gasteiger charge is -2.12. The number of aromatic nitrogens is 3. The van der Waals surface area contributed by atoms with Crippen LogP contribution in [0.3, 0.4) is 0 Å². The maximum Gasteiger partial charge on any atom is 0.0973 e. The smallest absolute Gasteiger partial charge is 0.0973 e. The molecule has 0 amide bonds. The first-order chi connectivity index (χ1) is 17.8. The monoisotopic (exact) mass is 525 g/mol. The second kappa shape index (κ2) is 8.43. The van der Waals surface area contributed by atoms with Crippen LogP contribution in [0.15, 0.2) is 126 Å². The zero-order chi connectivity index (χ0) is 24.1. The molecule has 0 fully saturated rings. The Bertz CT molecular complexity index is 1890. The summed E-state index contributed by atoms with van der Waals surface area (Å²) in [6, 6.07) is 42.0. The topological polar surface area (TPSA) is 30.7 Å². The molecule has 0 aliphatic heterocycles. The average Bonchev–Trinajstić information content (AvgIpc) is 3.26. The highest BCUT2D eigenvalue weighted by atomic mass is 79.9. The van der Waals surface area contributed by atoms with Crippen molar-refractivity contribution in [1.29, 1.82) is 0 Å². The SMILES string of the molecule is Brc1ccc2c(c1)c1ccccc1n2-c1ccc(-c2nc3ccccc3nc2-c2ccccc2)cc1. The minimum absolute atomic E-state index is 0.887. The van der Waals surface area contributed by atoms with Crippen molar-refractivity contribution >= 4 is 48.8 Å². The summed E-state index contributed by atoms with van der Waals surface area (Å²) in [4.78, 5) is 10.1. The van der Waals surface area contributed by atoms with Crippen LogP contribution in [0.1, 0.15) is 0 Å². The third kappa shape index (κ3) is 3.42. The van der Waals surface area contributed by atoms with Crippen LogP contribution in [-0.4, -0.2) is 14.5 Å². The van der Waals surface area contributed by atoms with Gasteiger partial charge >= 0.3 is 0 Å². The minimum Gasteiger partial charge on any atom is -0.309 e. The number of halogens is 1. The zero-order valence-corrected chi connectivity index (χ0v) is 20.9. The van der Waals surface area contributed by atoms with E-state index in [1.165, 1.54) is 21.8 Å². The van der Waals surface area contributed by atoms with Crippen LogP contribution < -0.4 is 0 Å². The second-order valence-electron chi connectivity index (χ2n) is 8.84. The number of hydrogen-bond donors (Lipinski definition) is 0.